The lowest BCUT2D eigenvalue weighted by atomic mass is 9.98. The topological polar surface area (TPSA) is 49.7 Å². The van der Waals surface area contributed by atoms with E-state index >= 15 is 0 Å². The van der Waals surface area contributed by atoms with Gasteiger partial charge in [0.2, 0.25) is 0 Å². The third-order valence-electron chi connectivity index (χ3n) is 3.42. The van der Waals surface area contributed by atoms with Crippen LogP contribution in [-0.2, 0) is 4.79 Å². The van der Waals surface area contributed by atoms with Crippen molar-refractivity contribution in [1.29, 1.82) is 0 Å². The average molecular weight is 257 g/mol. The van der Waals surface area contributed by atoms with E-state index in [0.717, 1.165) is 18.5 Å². The number of aliphatic carboxylic acids is 1. The monoisotopic (exact) mass is 257 g/mol. The van der Waals surface area contributed by atoms with E-state index in [9.17, 15) is 9.90 Å². The molecule has 1 saturated carbocycles. The standard InChI is InChI=1S/C16H19NO2/c1-2-13(16(18)19)14-10-6-7-11-15(14)17-12-8-4-3-5-9-12/h2,6-7,10-11H,3-5,8-9H2,1H3,(H,18,19). The van der Waals surface area contributed by atoms with Gasteiger partial charge in [-0.2, -0.15) is 0 Å². The second kappa shape index (κ2) is 6.32. The third-order valence-corrected chi connectivity index (χ3v) is 3.42. The normalized spacial score (nSPS) is 16.3. The van der Waals surface area contributed by atoms with Crippen molar-refractivity contribution in [3.63, 3.8) is 0 Å². The summed E-state index contributed by atoms with van der Waals surface area (Å²) in [6.45, 7) is 1.74. The fourth-order valence-electron chi connectivity index (χ4n) is 2.44. The molecule has 100 valence electrons. The lowest BCUT2D eigenvalue weighted by molar-refractivity contribution is -0.130. The van der Waals surface area contributed by atoms with Gasteiger partial charge in [0.05, 0.1) is 11.3 Å². The molecule has 19 heavy (non-hydrogen) atoms. The first-order valence-electron chi connectivity index (χ1n) is 6.78. The molecule has 3 nitrogen and oxygen atoms in total. The molecule has 1 aliphatic rings. The highest BCUT2D eigenvalue weighted by Crippen LogP contribution is 2.28. The maximum Gasteiger partial charge on any atom is 0.336 e. The van der Waals surface area contributed by atoms with Crippen molar-refractivity contribution in [3.8, 4) is 0 Å². The van der Waals surface area contributed by atoms with Crippen LogP contribution in [0.25, 0.3) is 5.57 Å². The van der Waals surface area contributed by atoms with Crippen molar-refractivity contribution in [2.75, 3.05) is 0 Å². The quantitative estimate of drug-likeness (QED) is 0.824. The summed E-state index contributed by atoms with van der Waals surface area (Å²) in [7, 11) is 0. The maximum atomic E-state index is 11.3. The van der Waals surface area contributed by atoms with Crippen molar-refractivity contribution in [3.05, 3.63) is 35.9 Å². The summed E-state index contributed by atoms with van der Waals surface area (Å²) in [4.78, 5) is 15.9. The van der Waals surface area contributed by atoms with Crippen LogP contribution in [0, 0.1) is 0 Å². The summed E-state index contributed by atoms with van der Waals surface area (Å²) < 4.78 is 0. The number of allylic oxidation sites excluding steroid dienone is 1. The highest BCUT2D eigenvalue weighted by atomic mass is 16.4. The minimum Gasteiger partial charge on any atom is -0.478 e. The molecule has 1 fully saturated rings. The second-order valence-electron chi connectivity index (χ2n) is 4.76. The zero-order valence-electron chi connectivity index (χ0n) is 11.2. The Morgan fingerprint density at radius 1 is 1.21 bits per heavy atom. The minimum absolute atomic E-state index is 0.316. The smallest absolute Gasteiger partial charge is 0.336 e. The molecule has 3 heteroatoms. The fraction of sp³-hybridized carbons (Fsp3) is 0.375. The molecule has 0 radical (unpaired) electrons. The highest BCUT2D eigenvalue weighted by molar-refractivity contribution is 6.17. The van der Waals surface area contributed by atoms with Crippen LogP contribution >= 0.6 is 0 Å². The Morgan fingerprint density at radius 2 is 1.89 bits per heavy atom. The van der Waals surface area contributed by atoms with Crippen LogP contribution in [0.15, 0.2) is 35.3 Å². The van der Waals surface area contributed by atoms with Crippen molar-refractivity contribution >= 4 is 22.9 Å². The Morgan fingerprint density at radius 3 is 2.53 bits per heavy atom. The number of carboxylic acids is 1. The van der Waals surface area contributed by atoms with E-state index in [2.05, 4.69) is 4.99 Å². The van der Waals surface area contributed by atoms with Gasteiger partial charge < -0.3 is 5.11 Å². The van der Waals surface area contributed by atoms with Crippen LogP contribution in [0.4, 0.5) is 5.69 Å². The molecule has 0 saturated heterocycles. The molecule has 1 aromatic rings. The first kappa shape index (κ1) is 13.5. The first-order chi connectivity index (χ1) is 9.22. The molecule has 1 aromatic carbocycles. The first-order valence-corrected chi connectivity index (χ1v) is 6.78. The van der Waals surface area contributed by atoms with E-state index in [1.165, 1.54) is 25.0 Å². The van der Waals surface area contributed by atoms with Crippen molar-refractivity contribution in [2.24, 2.45) is 4.99 Å². The van der Waals surface area contributed by atoms with Gasteiger partial charge >= 0.3 is 5.97 Å². The molecular weight excluding hydrogens is 238 g/mol. The second-order valence-corrected chi connectivity index (χ2v) is 4.76. The van der Waals surface area contributed by atoms with Crippen LogP contribution < -0.4 is 0 Å². The summed E-state index contributed by atoms with van der Waals surface area (Å²) >= 11 is 0. The van der Waals surface area contributed by atoms with E-state index in [-0.39, 0.29) is 0 Å². The van der Waals surface area contributed by atoms with E-state index in [1.807, 2.05) is 24.3 Å². The summed E-state index contributed by atoms with van der Waals surface area (Å²) in [6, 6.07) is 7.47. The highest BCUT2D eigenvalue weighted by Gasteiger charge is 2.14. The van der Waals surface area contributed by atoms with Gasteiger partial charge in [-0.15, -0.1) is 0 Å². The Bertz CT molecular complexity index is 521. The maximum absolute atomic E-state index is 11.3. The van der Waals surface area contributed by atoms with Crippen molar-refractivity contribution in [2.45, 2.75) is 39.0 Å². The molecule has 0 heterocycles. The molecule has 0 spiro atoms. The Kier molecular flexibility index (Phi) is 4.50. The van der Waals surface area contributed by atoms with Crippen LogP contribution in [0.1, 0.15) is 44.6 Å². The number of hydrogen-bond acceptors (Lipinski definition) is 2. The molecule has 0 aliphatic heterocycles. The molecular formula is C16H19NO2. The van der Waals surface area contributed by atoms with Gasteiger partial charge in [0.25, 0.3) is 0 Å². The minimum atomic E-state index is -0.904. The lowest BCUT2D eigenvalue weighted by Gasteiger charge is -2.13. The zero-order valence-corrected chi connectivity index (χ0v) is 11.2. The molecule has 0 amide bonds. The molecule has 0 unspecified atom stereocenters. The summed E-state index contributed by atoms with van der Waals surface area (Å²) in [5, 5.41) is 9.24. The van der Waals surface area contributed by atoms with Gasteiger partial charge in [0.15, 0.2) is 0 Å². The Labute approximate surface area is 113 Å². The van der Waals surface area contributed by atoms with Crippen molar-refractivity contribution in [1.82, 2.24) is 0 Å². The van der Waals surface area contributed by atoms with Gasteiger partial charge in [-0.25, -0.2) is 4.79 Å². The summed E-state index contributed by atoms with van der Waals surface area (Å²) in [6.07, 6.45) is 7.35. The molecule has 1 aliphatic carbocycles. The van der Waals surface area contributed by atoms with Crippen LogP contribution in [0.5, 0.6) is 0 Å². The number of para-hydroxylation sites is 1. The number of rotatable bonds is 3. The van der Waals surface area contributed by atoms with E-state index < -0.39 is 5.97 Å². The van der Waals surface area contributed by atoms with Crippen LogP contribution in [0.2, 0.25) is 0 Å². The number of benzene rings is 1. The van der Waals surface area contributed by atoms with Gasteiger partial charge in [0.1, 0.15) is 0 Å². The largest absolute Gasteiger partial charge is 0.478 e. The van der Waals surface area contributed by atoms with Crippen LogP contribution in [-0.4, -0.2) is 16.8 Å². The molecule has 2 rings (SSSR count). The van der Waals surface area contributed by atoms with Gasteiger partial charge in [0, 0.05) is 11.3 Å². The number of carbonyl (C=O) groups is 1. The van der Waals surface area contributed by atoms with Gasteiger partial charge in [-0.1, -0.05) is 30.7 Å². The molecule has 0 atom stereocenters. The predicted molar refractivity (Wildman–Crippen MR) is 77.9 cm³/mol. The van der Waals surface area contributed by atoms with Crippen molar-refractivity contribution < 1.29 is 9.90 Å². The third kappa shape index (κ3) is 3.31. The SMILES string of the molecule is CC=C(C(=O)O)c1ccccc1N=C1CCCCC1. The number of nitrogens with zero attached hydrogens (tertiary/aromatic N) is 1. The van der Waals surface area contributed by atoms with Gasteiger partial charge in [-0.3, -0.25) is 4.99 Å². The Hall–Kier alpha value is -1.90. The fourth-order valence-corrected chi connectivity index (χ4v) is 2.44. The summed E-state index contributed by atoms with van der Waals surface area (Å²) in [5.41, 5.74) is 2.99. The average Bonchev–Trinajstić information content (AvgIpc) is 2.42. The van der Waals surface area contributed by atoms with E-state index in [0.29, 0.717) is 11.1 Å². The lowest BCUT2D eigenvalue weighted by Crippen LogP contribution is -2.05. The van der Waals surface area contributed by atoms with E-state index in [1.54, 1.807) is 13.0 Å². The Balaban J connectivity index is 2.38. The number of hydrogen-bond donors (Lipinski definition) is 1. The molecule has 1 N–H and O–H groups in total. The molecule has 0 aromatic heterocycles. The van der Waals surface area contributed by atoms with E-state index in [4.69, 9.17) is 0 Å². The zero-order chi connectivity index (χ0) is 13.7. The van der Waals surface area contributed by atoms with Crippen LogP contribution in [0.3, 0.4) is 0 Å². The molecule has 0 bridgehead atoms. The van der Waals surface area contributed by atoms with Gasteiger partial charge in [-0.05, 0) is 38.7 Å². The number of carboxylic acid groups (broad SMARTS) is 1. The summed E-state index contributed by atoms with van der Waals surface area (Å²) in [5.74, 6) is -0.904. The predicted octanol–water partition coefficient (Wildman–Crippen LogP) is 4.21. The number of aliphatic imine (C=N–C) groups is 1.